The van der Waals surface area contributed by atoms with E-state index in [1.807, 2.05) is 6.08 Å². The van der Waals surface area contributed by atoms with Gasteiger partial charge in [0.15, 0.2) is 0 Å². The molecule has 0 radical (unpaired) electrons. The lowest BCUT2D eigenvalue weighted by Crippen LogP contribution is -2.33. The Labute approximate surface area is 99.1 Å². The predicted molar refractivity (Wildman–Crippen MR) is 66.5 cm³/mol. The molecule has 0 atom stereocenters. The molecule has 0 aliphatic carbocycles. The first kappa shape index (κ1) is 23.4. The average molecular weight is 253 g/mol. The van der Waals surface area contributed by atoms with Crippen LogP contribution < -0.4 is 11.5 Å². The topological polar surface area (TPSA) is 55.3 Å². The van der Waals surface area contributed by atoms with Gasteiger partial charge >= 0.3 is 0 Å². The van der Waals surface area contributed by atoms with Crippen molar-refractivity contribution in [1.82, 2.24) is 4.90 Å². The largest absolute Gasteiger partial charge is 0.329 e. The van der Waals surface area contributed by atoms with Gasteiger partial charge in [-0.2, -0.15) is 0 Å². The minimum atomic E-state index is 0. The van der Waals surface area contributed by atoms with E-state index in [1.165, 1.54) is 0 Å². The fraction of sp³-hybridized carbons (Fsp3) is 0.714. The summed E-state index contributed by atoms with van der Waals surface area (Å²) in [5.74, 6) is 0. The van der Waals surface area contributed by atoms with E-state index in [0.29, 0.717) is 13.1 Å². The van der Waals surface area contributed by atoms with Crippen molar-refractivity contribution in [3.05, 3.63) is 12.7 Å². The van der Waals surface area contributed by atoms with Crippen LogP contribution in [0.15, 0.2) is 12.7 Å². The fourth-order valence-corrected chi connectivity index (χ4v) is 0.842. The number of hydrogen-bond donors (Lipinski definition) is 2. The van der Waals surface area contributed by atoms with Gasteiger partial charge in [0, 0.05) is 32.7 Å². The van der Waals surface area contributed by atoms with Crippen LogP contribution in [0, 0.1) is 0 Å². The second-order valence-electron chi connectivity index (χ2n) is 2.17. The van der Waals surface area contributed by atoms with E-state index in [4.69, 9.17) is 11.5 Å². The Kier molecular flexibility index (Phi) is 32.9. The van der Waals surface area contributed by atoms with Crippen molar-refractivity contribution in [3.8, 4) is 0 Å². The third-order valence-electron chi connectivity index (χ3n) is 1.28. The van der Waals surface area contributed by atoms with E-state index < -0.39 is 0 Å². The molecule has 0 aliphatic rings. The molecule has 0 unspecified atom stereocenters. The second kappa shape index (κ2) is 18.3. The number of halogens is 3. The molecule has 0 spiro atoms. The average Bonchev–Trinajstić information content (AvgIpc) is 1.90. The smallest absolute Gasteiger partial charge is 0.0161 e. The lowest BCUT2D eigenvalue weighted by molar-refractivity contribution is 0.320. The van der Waals surface area contributed by atoms with Gasteiger partial charge in [-0.25, -0.2) is 0 Å². The summed E-state index contributed by atoms with van der Waals surface area (Å²) in [6, 6.07) is 0. The molecule has 0 heterocycles. The van der Waals surface area contributed by atoms with Gasteiger partial charge in [-0.05, 0) is 0 Å². The zero-order valence-electron chi connectivity index (χ0n) is 7.65. The highest BCUT2D eigenvalue weighted by Crippen LogP contribution is 1.84. The molecular weight excluding hydrogens is 232 g/mol. The minimum Gasteiger partial charge on any atom is -0.329 e. The summed E-state index contributed by atoms with van der Waals surface area (Å²) in [6.45, 7) is 7.71. The number of hydrogen-bond acceptors (Lipinski definition) is 3. The van der Waals surface area contributed by atoms with Gasteiger partial charge in [-0.1, -0.05) is 6.08 Å². The van der Waals surface area contributed by atoms with Crippen LogP contribution in [0.25, 0.3) is 0 Å². The lowest BCUT2D eigenvalue weighted by Gasteiger charge is -2.17. The van der Waals surface area contributed by atoms with Gasteiger partial charge < -0.3 is 11.5 Å². The fourth-order valence-electron chi connectivity index (χ4n) is 0.842. The molecule has 0 saturated carbocycles. The molecule has 0 aliphatic heterocycles. The first-order valence-corrected chi connectivity index (χ1v) is 3.58. The van der Waals surface area contributed by atoms with E-state index in [2.05, 4.69) is 11.5 Å². The SMILES string of the molecule is C=CCN(CCN)CCN.Cl.Cl.Cl. The Bertz CT molecular complexity index is 87.1. The van der Waals surface area contributed by atoms with E-state index in [-0.39, 0.29) is 37.2 Å². The van der Waals surface area contributed by atoms with Gasteiger partial charge in [0.1, 0.15) is 0 Å². The van der Waals surface area contributed by atoms with E-state index in [9.17, 15) is 0 Å². The number of nitrogens with two attached hydrogens (primary N) is 2. The molecule has 13 heavy (non-hydrogen) atoms. The number of rotatable bonds is 6. The van der Waals surface area contributed by atoms with Crippen molar-refractivity contribution in [3.63, 3.8) is 0 Å². The van der Waals surface area contributed by atoms with Crippen LogP contribution in [-0.4, -0.2) is 37.6 Å². The molecule has 6 heteroatoms. The maximum Gasteiger partial charge on any atom is 0.0161 e. The Balaban J connectivity index is -0.000000135. The molecule has 0 saturated heterocycles. The van der Waals surface area contributed by atoms with Gasteiger partial charge in [-0.15, -0.1) is 43.8 Å². The summed E-state index contributed by atoms with van der Waals surface area (Å²) in [5.41, 5.74) is 10.7. The lowest BCUT2D eigenvalue weighted by atomic mass is 10.4. The predicted octanol–water partition coefficient (Wildman–Crippen LogP) is 0.657. The van der Waals surface area contributed by atoms with Crippen molar-refractivity contribution in [2.75, 3.05) is 32.7 Å². The van der Waals surface area contributed by atoms with Crippen LogP contribution in [-0.2, 0) is 0 Å². The van der Waals surface area contributed by atoms with Crippen LogP contribution >= 0.6 is 37.2 Å². The van der Waals surface area contributed by atoms with Crippen LogP contribution in [0.1, 0.15) is 0 Å². The summed E-state index contributed by atoms with van der Waals surface area (Å²) in [7, 11) is 0. The Morgan fingerprint density at radius 1 is 1.00 bits per heavy atom. The monoisotopic (exact) mass is 251 g/mol. The molecular formula is C7H20Cl3N3. The molecule has 0 aromatic heterocycles. The van der Waals surface area contributed by atoms with Gasteiger partial charge in [-0.3, -0.25) is 4.90 Å². The standard InChI is InChI=1S/C7H17N3.3ClH/c1-2-5-10(6-3-8)7-4-9;;;/h2H,1,3-9H2;3*1H. The summed E-state index contributed by atoms with van der Waals surface area (Å²) < 4.78 is 0. The third kappa shape index (κ3) is 15.3. The molecule has 3 nitrogen and oxygen atoms in total. The zero-order chi connectivity index (χ0) is 7.82. The second-order valence-corrected chi connectivity index (χ2v) is 2.17. The van der Waals surface area contributed by atoms with Crippen molar-refractivity contribution < 1.29 is 0 Å². The Morgan fingerprint density at radius 3 is 1.62 bits per heavy atom. The maximum absolute atomic E-state index is 5.37. The third-order valence-corrected chi connectivity index (χ3v) is 1.28. The molecule has 0 bridgehead atoms. The molecule has 0 rings (SSSR count). The summed E-state index contributed by atoms with van der Waals surface area (Å²) in [4.78, 5) is 2.17. The van der Waals surface area contributed by atoms with Gasteiger partial charge in [0.25, 0.3) is 0 Å². The highest BCUT2D eigenvalue weighted by Gasteiger charge is 1.97. The Hall–Kier alpha value is 0.490. The molecule has 0 aromatic carbocycles. The summed E-state index contributed by atoms with van der Waals surface area (Å²) in [6.07, 6.45) is 1.87. The summed E-state index contributed by atoms with van der Waals surface area (Å²) >= 11 is 0. The van der Waals surface area contributed by atoms with E-state index in [0.717, 1.165) is 19.6 Å². The van der Waals surface area contributed by atoms with E-state index in [1.54, 1.807) is 0 Å². The van der Waals surface area contributed by atoms with Gasteiger partial charge in [0.05, 0.1) is 0 Å². The van der Waals surface area contributed by atoms with Crippen molar-refractivity contribution in [1.29, 1.82) is 0 Å². The normalized spacial score (nSPS) is 7.92. The van der Waals surface area contributed by atoms with Gasteiger partial charge in [0.2, 0.25) is 0 Å². The molecule has 84 valence electrons. The highest BCUT2D eigenvalue weighted by atomic mass is 35.5. The molecule has 4 N–H and O–H groups in total. The molecule has 0 aromatic rings. The first-order valence-electron chi connectivity index (χ1n) is 3.58. The molecule has 0 amide bonds. The van der Waals surface area contributed by atoms with Crippen LogP contribution in [0.4, 0.5) is 0 Å². The highest BCUT2D eigenvalue weighted by molar-refractivity contribution is 5.86. The van der Waals surface area contributed by atoms with Crippen LogP contribution in [0.2, 0.25) is 0 Å². The van der Waals surface area contributed by atoms with E-state index >= 15 is 0 Å². The maximum atomic E-state index is 5.37. The molecule has 0 fully saturated rings. The van der Waals surface area contributed by atoms with Crippen LogP contribution in [0.3, 0.4) is 0 Å². The number of nitrogens with zero attached hydrogens (tertiary/aromatic N) is 1. The quantitative estimate of drug-likeness (QED) is 0.683. The summed E-state index contributed by atoms with van der Waals surface area (Å²) in [5, 5.41) is 0. The van der Waals surface area contributed by atoms with Crippen molar-refractivity contribution >= 4 is 37.2 Å². The van der Waals surface area contributed by atoms with Crippen LogP contribution in [0.5, 0.6) is 0 Å². The first-order chi connectivity index (χ1) is 4.85. The van der Waals surface area contributed by atoms with Crippen molar-refractivity contribution in [2.24, 2.45) is 11.5 Å². The Morgan fingerprint density at radius 2 is 1.38 bits per heavy atom. The minimum absolute atomic E-state index is 0. The van der Waals surface area contributed by atoms with Crippen molar-refractivity contribution in [2.45, 2.75) is 0 Å². The zero-order valence-corrected chi connectivity index (χ0v) is 10.1.